The van der Waals surface area contributed by atoms with Gasteiger partial charge in [0.1, 0.15) is 30.5 Å². The van der Waals surface area contributed by atoms with Gasteiger partial charge in [-0.25, -0.2) is 4.18 Å². The fraction of sp³-hybridized carbons (Fsp3) is 0.936. The zero-order valence-electron chi connectivity index (χ0n) is 38.4. The van der Waals surface area contributed by atoms with Crippen molar-refractivity contribution in [3.63, 3.8) is 0 Å². The lowest BCUT2D eigenvalue weighted by molar-refractivity contribution is -0.298. The van der Waals surface area contributed by atoms with Gasteiger partial charge in [-0.2, -0.15) is 8.42 Å². The topological polar surface area (TPSA) is 212 Å². The maximum absolute atomic E-state index is 13.1. The monoisotopic (exact) mass is 894 g/mol. The maximum Gasteiger partial charge on any atom is 0.397 e. The van der Waals surface area contributed by atoms with Crippen LogP contribution in [-0.4, -0.2) is 107 Å². The zero-order chi connectivity index (χ0) is 45.0. The second-order valence-electron chi connectivity index (χ2n) is 17.5. The summed E-state index contributed by atoms with van der Waals surface area (Å²) in [6.45, 7) is 3.28. The van der Waals surface area contributed by atoms with Gasteiger partial charge in [0.05, 0.1) is 25.4 Å². The third kappa shape index (κ3) is 30.6. The minimum absolute atomic E-state index is 0.255. The van der Waals surface area contributed by atoms with Gasteiger partial charge < -0.3 is 40.3 Å². The van der Waals surface area contributed by atoms with Crippen molar-refractivity contribution in [1.29, 1.82) is 0 Å². The van der Waals surface area contributed by atoms with E-state index in [2.05, 4.69) is 35.5 Å². The second-order valence-corrected chi connectivity index (χ2v) is 18.6. The number of aliphatic hydroxyl groups excluding tert-OH is 5. The van der Waals surface area contributed by atoms with Crippen LogP contribution in [0, 0.1) is 0 Å². The molecule has 0 spiro atoms. The van der Waals surface area contributed by atoms with Crippen molar-refractivity contribution in [2.45, 2.75) is 268 Å². The molecule has 8 unspecified atom stereocenters. The SMILES string of the molecule is CCCCCCCC/C=C\CCCCCCCCC(O)C(=O)NC(COC1OC(CO)C(O)C(OS(=O)(=O)O)C1O)C(O)CCCCCCCCCCCCCCCCCC. The molecule has 0 aromatic rings. The zero-order valence-corrected chi connectivity index (χ0v) is 39.2. The molecule has 13 nitrogen and oxygen atoms in total. The molecule has 1 fully saturated rings. The number of carbonyl (C=O) groups excluding carboxylic acids is 1. The van der Waals surface area contributed by atoms with Crippen LogP contribution >= 0.6 is 0 Å². The lowest BCUT2D eigenvalue weighted by atomic mass is 9.99. The van der Waals surface area contributed by atoms with Crippen LogP contribution in [0.5, 0.6) is 0 Å². The standard InChI is InChI=1S/C47H91NO12S/c1-3-5-7-9-11-13-15-17-19-21-23-25-27-29-31-33-35-40(50)39(38-58-47-44(53)45(60-61(55,56)57)43(52)42(37-49)59-47)48-46(54)41(51)36-34-32-30-28-26-24-22-20-18-16-14-12-10-8-6-4-2/h18,20,39-45,47,49-53H,3-17,19,21-38H2,1-2H3,(H,48,54)(H,55,56,57)/b20-18-. The molecule has 7 N–H and O–H groups in total. The number of allylic oxidation sites excluding steroid dienone is 2. The van der Waals surface area contributed by atoms with Crippen LogP contribution in [0.15, 0.2) is 12.2 Å². The van der Waals surface area contributed by atoms with Crippen LogP contribution in [0.25, 0.3) is 0 Å². The highest BCUT2D eigenvalue weighted by molar-refractivity contribution is 7.80. The number of ether oxygens (including phenoxy) is 2. The predicted octanol–water partition coefficient (Wildman–Crippen LogP) is 8.92. The highest BCUT2D eigenvalue weighted by Crippen LogP contribution is 2.26. The molecule has 14 heteroatoms. The van der Waals surface area contributed by atoms with E-state index >= 15 is 0 Å². The molecular weight excluding hydrogens is 803 g/mol. The average Bonchev–Trinajstić information content (AvgIpc) is 3.23. The molecular formula is C47H91NO12S. The Morgan fingerprint density at radius 1 is 0.639 bits per heavy atom. The van der Waals surface area contributed by atoms with Gasteiger partial charge in [-0.1, -0.05) is 193 Å². The van der Waals surface area contributed by atoms with E-state index < -0.39 is 78.5 Å². The Balaban J connectivity index is 2.53. The van der Waals surface area contributed by atoms with Crippen molar-refractivity contribution in [2.75, 3.05) is 13.2 Å². The van der Waals surface area contributed by atoms with Crippen LogP contribution in [0.3, 0.4) is 0 Å². The van der Waals surface area contributed by atoms with Gasteiger partial charge in [0.2, 0.25) is 5.91 Å². The highest BCUT2D eigenvalue weighted by atomic mass is 32.3. The Morgan fingerprint density at radius 2 is 1.05 bits per heavy atom. The molecule has 0 aliphatic carbocycles. The fourth-order valence-electron chi connectivity index (χ4n) is 7.99. The Labute approximate surface area is 371 Å². The van der Waals surface area contributed by atoms with Crippen LogP contribution in [0.4, 0.5) is 0 Å². The van der Waals surface area contributed by atoms with Crippen molar-refractivity contribution < 1.29 is 57.0 Å². The first-order valence-electron chi connectivity index (χ1n) is 24.7. The highest BCUT2D eigenvalue weighted by Gasteiger charge is 2.48. The summed E-state index contributed by atoms with van der Waals surface area (Å²) in [5.74, 6) is -0.672. The van der Waals surface area contributed by atoms with Gasteiger partial charge in [-0.05, 0) is 38.5 Å². The lowest BCUT2D eigenvalue weighted by Gasteiger charge is -2.41. The summed E-state index contributed by atoms with van der Waals surface area (Å²) < 4.78 is 47.6. The van der Waals surface area contributed by atoms with E-state index in [0.717, 1.165) is 64.2 Å². The van der Waals surface area contributed by atoms with E-state index in [4.69, 9.17) is 9.47 Å². The predicted molar refractivity (Wildman–Crippen MR) is 242 cm³/mol. The van der Waals surface area contributed by atoms with E-state index in [1.165, 1.54) is 116 Å². The number of hydrogen-bond donors (Lipinski definition) is 7. The van der Waals surface area contributed by atoms with Gasteiger partial charge in [-0.3, -0.25) is 9.35 Å². The van der Waals surface area contributed by atoms with E-state index in [0.29, 0.717) is 19.3 Å². The van der Waals surface area contributed by atoms with Gasteiger partial charge in [0.25, 0.3) is 0 Å². The van der Waals surface area contributed by atoms with Crippen molar-refractivity contribution in [2.24, 2.45) is 0 Å². The summed E-state index contributed by atoms with van der Waals surface area (Å²) in [6.07, 6.45) is 29.6. The largest absolute Gasteiger partial charge is 0.397 e. The van der Waals surface area contributed by atoms with Gasteiger partial charge in [0, 0.05) is 0 Å². The third-order valence-corrected chi connectivity index (χ3v) is 12.4. The summed E-state index contributed by atoms with van der Waals surface area (Å²) in [5.41, 5.74) is 0. The van der Waals surface area contributed by atoms with Crippen molar-refractivity contribution >= 4 is 16.3 Å². The summed E-state index contributed by atoms with van der Waals surface area (Å²) in [7, 11) is -5.11. The summed E-state index contributed by atoms with van der Waals surface area (Å²) in [5, 5.41) is 55.4. The van der Waals surface area contributed by atoms with Crippen LogP contribution in [-0.2, 0) is 28.9 Å². The molecule has 1 aliphatic rings. The molecule has 61 heavy (non-hydrogen) atoms. The number of rotatable bonds is 42. The molecule has 0 bridgehead atoms. The molecule has 1 amide bonds. The van der Waals surface area contributed by atoms with Crippen LogP contribution in [0.2, 0.25) is 0 Å². The van der Waals surface area contributed by atoms with Crippen LogP contribution in [0.1, 0.15) is 219 Å². The van der Waals surface area contributed by atoms with Crippen molar-refractivity contribution in [3.05, 3.63) is 12.2 Å². The minimum Gasteiger partial charge on any atom is -0.394 e. The minimum atomic E-state index is -5.11. The smallest absolute Gasteiger partial charge is 0.394 e. The Morgan fingerprint density at radius 3 is 1.48 bits per heavy atom. The van der Waals surface area contributed by atoms with Gasteiger partial charge >= 0.3 is 10.4 Å². The number of amides is 1. The molecule has 0 saturated carbocycles. The number of aliphatic hydroxyl groups is 5. The average molecular weight is 894 g/mol. The molecule has 0 radical (unpaired) electrons. The van der Waals surface area contributed by atoms with E-state index in [1.54, 1.807) is 0 Å². The van der Waals surface area contributed by atoms with E-state index in [1.807, 2.05) is 0 Å². The molecule has 0 aromatic heterocycles. The normalized spacial score (nSPS) is 21.2. The summed E-state index contributed by atoms with van der Waals surface area (Å²) >= 11 is 0. The van der Waals surface area contributed by atoms with Crippen molar-refractivity contribution in [3.8, 4) is 0 Å². The Hall–Kier alpha value is -1.20. The molecule has 1 aliphatic heterocycles. The number of carbonyl (C=O) groups is 1. The first kappa shape index (κ1) is 57.8. The first-order chi connectivity index (χ1) is 29.4. The Bertz CT molecular complexity index is 1160. The van der Waals surface area contributed by atoms with Crippen molar-refractivity contribution in [1.82, 2.24) is 5.32 Å². The number of unbranched alkanes of at least 4 members (excludes halogenated alkanes) is 27. The fourth-order valence-corrected chi connectivity index (χ4v) is 8.50. The number of nitrogens with one attached hydrogen (secondary N) is 1. The molecule has 8 atom stereocenters. The second kappa shape index (κ2) is 38.1. The van der Waals surface area contributed by atoms with E-state index in [9.17, 15) is 43.3 Å². The van der Waals surface area contributed by atoms with E-state index in [-0.39, 0.29) is 6.42 Å². The maximum atomic E-state index is 13.1. The summed E-state index contributed by atoms with van der Waals surface area (Å²) in [4.78, 5) is 13.1. The summed E-state index contributed by atoms with van der Waals surface area (Å²) in [6, 6.07) is -1.03. The molecule has 362 valence electrons. The lowest BCUT2D eigenvalue weighted by Crippen LogP contribution is -2.61. The number of hydrogen-bond acceptors (Lipinski definition) is 11. The molecule has 0 aromatic carbocycles. The molecule has 1 heterocycles. The van der Waals surface area contributed by atoms with Crippen LogP contribution < -0.4 is 5.32 Å². The third-order valence-electron chi connectivity index (χ3n) is 11.9. The van der Waals surface area contributed by atoms with Gasteiger partial charge in [0.15, 0.2) is 6.29 Å². The van der Waals surface area contributed by atoms with Gasteiger partial charge in [-0.15, -0.1) is 0 Å². The Kier molecular flexibility index (Phi) is 36.1. The molecule has 1 rings (SSSR count). The first-order valence-corrected chi connectivity index (χ1v) is 26.0. The molecule has 1 saturated heterocycles. The quantitative estimate of drug-likeness (QED) is 0.0174.